The second kappa shape index (κ2) is 4.75. The van der Waals surface area contributed by atoms with Crippen LogP contribution in [0, 0.1) is 28.5 Å². The van der Waals surface area contributed by atoms with Crippen LogP contribution >= 0.6 is 0 Å². The number of phenols is 1. The molecule has 2 rings (SSSR count). The van der Waals surface area contributed by atoms with E-state index in [0.29, 0.717) is 0 Å². The Morgan fingerprint density at radius 2 is 1.90 bits per heavy atom. The molecule has 7 heteroatoms. The molecule has 1 heterocycles. The van der Waals surface area contributed by atoms with Gasteiger partial charge < -0.3 is 15.8 Å². The van der Waals surface area contributed by atoms with Gasteiger partial charge in [-0.2, -0.15) is 10.5 Å². The van der Waals surface area contributed by atoms with E-state index < -0.39 is 16.9 Å². The Morgan fingerprint density at radius 3 is 2.50 bits per heavy atom. The number of aromatic hydroxyl groups is 1. The fourth-order valence-electron chi connectivity index (χ4n) is 1.82. The van der Waals surface area contributed by atoms with Gasteiger partial charge in [-0.15, -0.1) is 0 Å². The summed E-state index contributed by atoms with van der Waals surface area (Å²) < 4.78 is 13.3. The van der Waals surface area contributed by atoms with Gasteiger partial charge >= 0.3 is 0 Å². The lowest BCUT2D eigenvalue weighted by atomic mass is 9.96. The van der Waals surface area contributed by atoms with Gasteiger partial charge in [-0.25, -0.2) is 4.39 Å². The number of pyridine rings is 1. The van der Waals surface area contributed by atoms with Crippen molar-refractivity contribution in [2.24, 2.45) is 0 Å². The Kier molecular flexibility index (Phi) is 3.11. The van der Waals surface area contributed by atoms with Crippen molar-refractivity contribution >= 4 is 5.82 Å². The molecule has 6 nitrogen and oxygen atoms in total. The maximum Gasteiger partial charge on any atom is 0.268 e. The second-order valence-electron chi connectivity index (χ2n) is 3.88. The number of halogens is 1. The summed E-state index contributed by atoms with van der Waals surface area (Å²) in [6.45, 7) is 0. The summed E-state index contributed by atoms with van der Waals surface area (Å²) >= 11 is 0. The number of aromatic nitrogens is 1. The van der Waals surface area contributed by atoms with Gasteiger partial charge in [0.1, 0.15) is 40.6 Å². The zero-order valence-electron chi connectivity index (χ0n) is 9.94. The standard InChI is InChI=1S/C13H7FN4O2/c14-6-1-2-10(19)7(3-6)11-8(4-15)12(17)18-13(20)9(11)5-16/h1-3,19H,(H3,17,18,20). The Balaban J connectivity index is 3.00. The molecule has 0 aliphatic rings. The number of anilines is 1. The smallest absolute Gasteiger partial charge is 0.268 e. The molecule has 98 valence electrons. The number of nitrogens with zero attached hydrogens (tertiary/aromatic N) is 2. The van der Waals surface area contributed by atoms with E-state index in [0.717, 1.165) is 18.2 Å². The molecule has 4 N–H and O–H groups in total. The first-order valence-corrected chi connectivity index (χ1v) is 5.34. The summed E-state index contributed by atoms with van der Waals surface area (Å²) in [4.78, 5) is 13.8. The highest BCUT2D eigenvalue weighted by Crippen LogP contribution is 2.34. The monoisotopic (exact) mass is 270 g/mol. The molecule has 1 aromatic heterocycles. The summed E-state index contributed by atoms with van der Waals surface area (Å²) in [5.41, 5.74) is 3.75. The van der Waals surface area contributed by atoms with Gasteiger partial charge in [0.15, 0.2) is 0 Å². The van der Waals surface area contributed by atoms with Crippen LogP contribution in [0.15, 0.2) is 23.0 Å². The van der Waals surface area contributed by atoms with Crippen LogP contribution in [-0.2, 0) is 0 Å². The SMILES string of the molecule is N#Cc1c(N)[nH]c(=O)c(C#N)c1-c1cc(F)ccc1O. The van der Waals surface area contributed by atoms with Gasteiger partial charge in [-0.05, 0) is 18.2 Å². The van der Waals surface area contributed by atoms with E-state index in [1.165, 1.54) is 0 Å². The zero-order valence-corrected chi connectivity index (χ0v) is 9.94. The van der Waals surface area contributed by atoms with Crippen molar-refractivity contribution in [3.63, 3.8) is 0 Å². The summed E-state index contributed by atoms with van der Waals surface area (Å²) in [6.07, 6.45) is 0. The average molecular weight is 270 g/mol. The molecule has 0 atom stereocenters. The van der Waals surface area contributed by atoms with E-state index in [1.54, 1.807) is 12.1 Å². The lowest BCUT2D eigenvalue weighted by Gasteiger charge is -2.10. The van der Waals surface area contributed by atoms with Crippen LogP contribution in [0.2, 0.25) is 0 Å². The number of hydrogen-bond donors (Lipinski definition) is 3. The largest absolute Gasteiger partial charge is 0.507 e. The quantitative estimate of drug-likeness (QED) is 0.717. The van der Waals surface area contributed by atoms with Crippen molar-refractivity contribution in [3.05, 3.63) is 45.5 Å². The Labute approximate surface area is 112 Å². The highest BCUT2D eigenvalue weighted by Gasteiger charge is 2.20. The van der Waals surface area contributed by atoms with Gasteiger partial charge in [-0.1, -0.05) is 0 Å². The average Bonchev–Trinajstić information content (AvgIpc) is 2.41. The van der Waals surface area contributed by atoms with Crippen molar-refractivity contribution in [2.45, 2.75) is 0 Å². The number of benzene rings is 1. The van der Waals surface area contributed by atoms with E-state index in [4.69, 9.17) is 16.3 Å². The third kappa shape index (κ3) is 1.93. The van der Waals surface area contributed by atoms with Crippen LogP contribution < -0.4 is 11.3 Å². The van der Waals surface area contributed by atoms with Crippen LogP contribution in [0.4, 0.5) is 10.2 Å². The maximum absolute atomic E-state index is 13.3. The number of nitrogens with two attached hydrogens (primary N) is 1. The second-order valence-corrected chi connectivity index (χ2v) is 3.88. The highest BCUT2D eigenvalue weighted by molar-refractivity contribution is 5.83. The Morgan fingerprint density at radius 1 is 1.25 bits per heavy atom. The normalized spacial score (nSPS) is 9.75. The van der Waals surface area contributed by atoms with Crippen LogP contribution in [0.5, 0.6) is 5.75 Å². The van der Waals surface area contributed by atoms with E-state index >= 15 is 0 Å². The summed E-state index contributed by atoms with van der Waals surface area (Å²) in [5.74, 6) is -1.32. The number of nitrogen functional groups attached to an aromatic ring is 1. The minimum Gasteiger partial charge on any atom is -0.507 e. The fourth-order valence-corrected chi connectivity index (χ4v) is 1.82. The number of phenolic OH excluding ortho intramolecular Hbond substituents is 1. The van der Waals surface area contributed by atoms with E-state index in [1.807, 2.05) is 0 Å². The topological polar surface area (TPSA) is 127 Å². The number of nitrogens with one attached hydrogen (secondary N) is 1. The molecule has 0 bridgehead atoms. The van der Waals surface area contributed by atoms with Gasteiger partial charge in [0, 0.05) is 11.1 Å². The molecule has 0 spiro atoms. The molecular formula is C13H7FN4O2. The number of nitriles is 2. The minimum atomic E-state index is -0.817. The number of aromatic amines is 1. The highest BCUT2D eigenvalue weighted by atomic mass is 19.1. The van der Waals surface area contributed by atoms with Crippen LogP contribution in [0.3, 0.4) is 0 Å². The molecule has 0 aliphatic heterocycles. The Bertz CT molecular complexity index is 843. The molecule has 0 amide bonds. The number of hydrogen-bond acceptors (Lipinski definition) is 5. The number of H-pyrrole nitrogens is 1. The molecule has 2 aromatic rings. The van der Waals surface area contributed by atoms with Gasteiger partial charge in [0.25, 0.3) is 5.56 Å². The fraction of sp³-hybridized carbons (Fsp3) is 0. The third-order valence-electron chi connectivity index (χ3n) is 2.70. The van der Waals surface area contributed by atoms with Crippen LogP contribution in [-0.4, -0.2) is 10.1 Å². The first-order valence-electron chi connectivity index (χ1n) is 5.34. The molecule has 0 saturated carbocycles. The van der Waals surface area contributed by atoms with E-state index in [-0.39, 0.29) is 28.3 Å². The minimum absolute atomic E-state index is 0.143. The van der Waals surface area contributed by atoms with E-state index in [9.17, 15) is 14.3 Å². The van der Waals surface area contributed by atoms with Crippen molar-refractivity contribution in [2.75, 3.05) is 5.73 Å². The molecule has 20 heavy (non-hydrogen) atoms. The molecule has 0 unspecified atom stereocenters. The van der Waals surface area contributed by atoms with Gasteiger partial charge in [0.05, 0.1) is 0 Å². The van der Waals surface area contributed by atoms with E-state index in [2.05, 4.69) is 4.98 Å². The molecular weight excluding hydrogens is 263 g/mol. The van der Waals surface area contributed by atoms with Crippen molar-refractivity contribution in [1.82, 2.24) is 4.98 Å². The molecule has 0 fully saturated rings. The first-order chi connectivity index (χ1) is 9.49. The van der Waals surface area contributed by atoms with Crippen molar-refractivity contribution < 1.29 is 9.50 Å². The van der Waals surface area contributed by atoms with Crippen LogP contribution in [0.25, 0.3) is 11.1 Å². The molecule has 0 aliphatic carbocycles. The zero-order chi connectivity index (χ0) is 14.9. The molecule has 0 radical (unpaired) electrons. The predicted octanol–water partition coefficient (Wildman–Crippen LogP) is 1.21. The first kappa shape index (κ1) is 13.1. The maximum atomic E-state index is 13.3. The van der Waals surface area contributed by atoms with Crippen molar-refractivity contribution in [3.8, 4) is 29.0 Å². The Hall–Kier alpha value is -3.32. The summed E-state index contributed by atoms with van der Waals surface area (Å²) in [6, 6.07) is 6.35. The number of rotatable bonds is 1. The van der Waals surface area contributed by atoms with Gasteiger partial charge in [-0.3, -0.25) is 4.79 Å². The van der Waals surface area contributed by atoms with Crippen LogP contribution in [0.1, 0.15) is 11.1 Å². The lowest BCUT2D eigenvalue weighted by Crippen LogP contribution is -2.16. The van der Waals surface area contributed by atoms with Crippen molar-refractivity contribution in [1.29, 1.82) is 10.5 Å². The molecule has 1 aromatic carbocycles. The van der Waals surface area contributed by atoms with Gasteiger partial charge in [0.2, 0.25) is 0 Å². The third-order valence-corrected chi connectivity index (χ3v) is 2.70. The summed E-state index contributed by atoms with van der Waals surface area (Å²) in [5, 5.41) is 27.9. The molecule has 0 saturated heterocycles. The summed E-state index contributed by atoms with van der Waals surface area (Å²) in [7, 11) is 0. The lowest BCUT2D eigenvalue weighted by molar-refractivity contribution is 0.475. The predicted molar refractivity (Wildman–Crippen MR) is 68.0 cm³/mol.